The number of halogens is 1. The zero-order chi connectivity index (χ0) is 10.1. The van der Waals surface area contributed by atoms with Crippen molar-refractivity contribution in [2.75, 3.05) is 0 Å². The van der Waals surface area contributed by atoms with Gasteiger partial charge in [0.05, 0.1) is 15.7 Å². The molecule has 72 valence electrons. The van der Waals surface area contributed by atoms with E-state index in [-0.39, 0.29) is 10.5 Å². The summed E-state index contributed by atoms with van der Waals surface area (Å²) in [4.78, 5) is 15.6. The van der Waals surface area contributed by atoms with Crippen molar-refractivity contribution in [2.45, 2.75) is 11.8 Å². The summed E-state index contributed by atoms with van der Waals surface area (Å²) in [5.41, 5.74) is 0.335. The Hall–Kier alpha value is -1.16. The highest BCUT2D eigenvalue weighted by molar-refractivity contribution is 9.09. The molecule has 0 saturated carbocycles. The smallest absolute Gasteiger partial charge is 0.346 e. The van der Waals surface area contributed by atoms with Gasteiger partial charge in [-0.1, -0.05) is 28.1 Å². The van der Waals surface area contributed by atoms with Gasteiger partial charge in [0.15, 0.2) is 0 Å². The lowest BCUT2D eigenvalue weighted by Crippen LogP contribution is -2.04. The van der Waals surface area contributed by atoms with Crippen molar-refractivity contribution in [3.8, 4) is 0 Å². The fourth-order valence-corrected chi connectivity index (χ4v) is 1.40. The first kappa shape index (κ1) is 9.40. The number of hydrogen-bond donors (Lipinski definition) is 0. The Morgan fingerprint density at radius 2 is 2.14 bits per heavy atom. The molecule has 0 aliphatic heterocycles. The SMILES string of the molecule is CC(Br)c1nc2ccccc2c(=O)o1. The summed E-state index contributed by atoms with van der Waals surface area (Å²) in [6, 6.07) is 7.14. The minimum absolute atomic E-state index is 0.0557. The highest BCUT2D eigenvalue weighted by Crippen LogP contribution is 2.19. The lowest BCUT2D eigenvalue weighted by atomic mass is 10.2. The van der Waals surface area contributed by atoms with Crippen LogP contribution in [0.5, 0.6) is 0 Å². The van der Waals surface area contributed by atoms with E-state index in [0.717, 1.165) is 0 Å². The van der Waals surface area contributed by atoms with Crippen LogP contribution in [0.15, 0.2) is 33.5 Å². The molecule has 0 radical (unpaired) electrons. The molecule has 4 heteroatoms. The van der Waals surface area contributed by atoms with Gasteiger partial charge in [0.25, 0.3) is 0 Å². The maximum atomic E-state index is 11.5. The average molecular weight is 254 g/mol. The molecule has 0 bridgehead atoms. The van der Waals surface area contributed by atoms with Crippen LogP contribution in [0.3, 0.4) is 0 Å². The molecule has 2 rings (SSSR count). The number of alkyl halides is 1. The van der Waals surface area contributed by atoms with E-state index < -0.39 is 0 Å². The lowest BCUT2D eigenvalue weighted by molar-refractivity contribution is 0.449. The van der Waals surface area contributed by atoms with E-state index >= 15 is 0 Å². The topological polar surface area (TPSA) is 43.1 Å². The van der Waals surface area contributed by atoms with Crippen molar-refractivity contribution in [2.24, 2.45) is 0 Å². The second-order valence-electron chi connectivity index (χ2n) is 2.97. The van der Waals surface area contributed by atoms with Gasteiger partial charge in [-0.2, -0.15) is 0 Å². The zero-order valence-corrected chi connectivity index (χ0v) is 9.11. The molecule has 0 saturated heterocycles. The van der Waals surface area contributed by atoms with Crippen molar-refractivity contribution in [3.63, 3.8) is 0 Å². The summed E-state index contributed by atoms with van der Waals surface area (Å²) in [7, 11) is 0. The minimum atomic E-state index is -0.336. The summed E-state index contributed by atoms with van der Waals surface area (Å²) < 4.78 is 5.04. The molecule has 0 fully saturated rings. The van der Waals surface area contributed by atoms with Crippen LogP contribution >= 0.6 is 15.9 Å². The number of benzene rings is 1. The van der Waals surface area contributed by atoms with Gasteiger partial charge in [-0.25, -0.2) is 9.78 Å². The molecule has 0 spiro atoms. The minimum Gasteiger partial charge on any atom is -0.407 e. The van der Waals surface area contributed by atoms with E-state index in [2.05, 4.69) is 20.9 Å². The van der Waals surface area contributed by atoms with Gasteiger partial charge in [-0.05, 0) is 19.1 Å². The fraction of sp³-hybridized carbons (Fsp3) is 0.200. The monoisotopic (exact) mass is 253 g/mol. The summed E-state index contributed by atoms with van der Waals surface area (Å²) >= 11 is 3.31. The van der Waals surface area contributed by atoms with Gasteiger partial charge in [-0.3, -0.25) is 0 Å². The van der Waals surface area contributed by atoms with Gasteiger partial charge in [0.1, 0.15) is 0 Å². The van der Waals surface area contributed by atoms with Gasteiger partial charge in [0, 0.05) is 0 Å². The number of rotatable bonds is 1. The molecule has 2 aromatic rings. The van der Waals surface area contributed by atoms with Crippen LogP contribution in [0.2, 0.25) is 0 Å². The maximum absolute atomic E-state index is 11.5. The largest absolute Gasteiger partial charge is 0.407 e. The third-order valence-electron chi connectivity index (χ3n) is 1.89. The lowest BCUT2D eigenvalue weighted by Gasteiger charge is -2.01. The maximum Gasteiger partial charge on any atom is 0.346 e. The van der Waals surface area contributed by atoms with Gasteiger partial charge < -0.3 is 4.42 Å². The standard InChI is InChI=1S/C10H8BrNO2/c1-6(11)9-12-8-5-3-2-4-7(8)10(13)14-9/h2-6H,1H3. The van der Waals surface area contributed by atoms with E-state index in [1.165, 1.54) is 0 Å². The molecule has 3 nitrogen and oxygen atoms in total. The van der Waals surface area contributed by atoms with E-state index in [1.807, 2.05) is 13.0 Å². The predicted molar refractivity (Wildman–Crippen MR) is 57.6 cm³/mol. The van der Waals surface area contributed by atoms with Crippen molar-refractivity contribution in [1.29, 1.82) is 0 Å². The van der Waals surface area contributed by atoms with Crippen molar-refractivity contribution >= 4 is 26.8 Å². The zero-order valence-electron chi connectivity index (χ0n) is 7.53. The average Bonchev–Trinajstić information content (AvgIpc) is 2.17. The van der Waals surface area contributed by atoms with Crippen LogP contribution in [0, 0.1) is 0 Å². The van der Waals surface area contributed by atoms with Crippen LogP contribution in [-0.2, 0) is 0 Å². The number of nitrogens with zero attached hydrogens (tertiary/aromatic N) is 1. The third kappa shape index (κ3) is 1.57. The molecule has 0 N–H and O–H groups in total. The second-order valence-corrected chi connectivity index (χ2v) is 4.35. The molecule has 1 aromatic heterocycles. The van der Waals surface area contributed by atoms with Crippen molar-refractivity contribution in [1.82, 2.24) is 4.98 Å². The van der Waals surface area contributed by atoms with Gasteiger partial charge in [0.2, 0.25) is 5.89 Å². The van der Waals surface area contributed by atoms with Gasteiger partial charge >= 0.3 is 5.63 Å². The first-order valence-corrected chi connectivity index (χ1v) is 5.14. The van der Waals surface area contributed by atoms with Crippen LogP contribution < -0.4 is 5.63 Å². The van der Waals surface area contributed by atoms with E-state index in [9.17, 15) is 4.79 Å². The Kier molecular flexibility index (Phi) is 2.37. The predicted octanol–water partition coefficient (Wildman–Crippen LogP) is 2.64. The van der Waals surface area contributed by atoms with E-state index in [1.54, 1.807) is 18.2 Å². The van der Waals surface area contributed by atoms with E-state index in [4.69, 9.17) is 4.42 Å². The van der Waals surface area contributed by atoms with Crippen molar-refractivity contribution in [3.05, 3.63) is 40.6 Å². The fourth-order valence-electron chi connectivity index (χ4n) is 1.21. The molecule has 1 heterocycles. The normalized spacial score (nSPS) is 13.0. The van der Waals surface area contributed by atoms with Crippen molar-refractivity contribution < 1.29 is 4.42 Å². The van der Waals surface area contributed by atoms with Gasteiger partial charge in [-0.15, -0.1) is 0 Å². The first-order chi connectivity index (χ1) is 6.68. The molecule has 1 atom stereocenters. The third-order valence-corrected chi connectivity index (χ3v) is 2.28. The second kappa shape index (κ2) is 3.53. The number of para-hydroxylation sites is 1. The highest BCUT2D eigenvalue weighted by Gasteiger charge is 2.09. The summed E-state index contributed by atoms with van der Waals surface area (Å²) in [5, 5.41) is 0.518. The molecular formula is C10H8BrNO2. The number of hydrogen-bond acceptors (Lipinski definition) is 3. The summed E-state index contributed by atoms with van der Waals surface area (Å²) in [6.45, 7) is 1.86. The number of aromatic nitrogens is 1. The van der Waals surface area contributed by atoms with E-state index in [0.29, 0.717) is 16.8 Å². The van der Waals surface area contributed by atoms with Crippen LogP contribution in [0.25, 0.3) is 10.9 Å². The Labute approximate surface area is 88.9 Å². The van der Waals surface area contributed by atoms with Crippen LogP contribution in [0.4, 0.5) is 0 Å². The molecule has 1 aromatic carbocycles. The molecule has 0 aliphatic rings. The highest BCUT2D eigenvalue weighted by atomic mass is 79.9. The molecule has 1 unspecified atom stereocenters. The number of fused-ring (bicyclic) bond motifs is 1. The Morgan fingerprint density at radius 1 is 1.43 bits per heavy atom. The van der Waals surface area contributed by atoms with Crippen LogP contribution in [-0.4, -0.2) is 4.98 Å². The first-order valence-electron chi connectivity index (χ1n) is 4.22. The Bertz CT molecular complexity index is 519. The molecule has 0 aliphatic carbocycles. The molecule has 14 heavy (non-hydrogen) atoms. The van der Waals surface area contributed by atoms with Crippen LogP contribution in [0.1, 0.15) is 17.6 Å². The Balaban J connectivity index is 2.79. The molecular weight excluding hydrogens is 246 g/mol. The quantitative estimate of drug-likeness (QED) is 0.734. The summed E-state index contributed by atoms with van der Waals surface area (Å²) in [5.74, 6) is 0.411. The molecule has 0 amide bonds. The summed E-state index contributed by atoms with van der Waals surface area (Å²) in [6.07, 6.45) is 0. The Morgan fingerprint density at radius 3 is 2.86 bits per heavy atom.